The fourth-order valence-electron chi connectivity index (χ4n) is 4.08. The van der Waals surface area contributed by atoms with Gasteiger partial charge in [0.15, 0.2) is 6.61 Å². The van der Waals surface area contributed by atoms with Crippen LogP contribution in [0, 0.1) is 6.92 Å². The second kappa shape index (κ2) is 8.73. The van der Waals surface area contributed by atoms with Gasteiger partial charge in [0.2, 0.25) is 11.8 Å². The highest BCUT2D eigenvalue weighted by Crippen LogP contribution is 2.49. The lowest BCUT2D eigenvalue weighted by Crippen LogP contribution is -2.24. The van der Waals surface area contributed by atoms with Crippen molar-refractivity contribution in [2.45, 2.75) is 12.8 Å². The number of nitrogens with two attached hydrogens (primary N) is 2. The Bertz CT molecular complexity index is 1470. The third kappa shape index (κ3) is 3.93. The Morgan fingerprint density at radius 3 is 2.60 bits per heavy atom. The van der Waals surface area contributed by atoms with E-state index >= 15 is 0 Å². The van der Waals surface area contributed by atoms with Gasteiger partial charge in [-0.15, -0.1) is 0 Å². The van der Waals surface area contributed by atoms with Gasteiger partial charge in [0.05, 0.1) is 28.3 Å². The third-order valence-electron chi connectivity index (χ3n) is 5.65. The summed E-state index contributed by atoms with van der Waals surface area (Å²) in [6.07, 6.45) is 1.29. The third-order valence-corrected chi connectivity index (χ3v) is 5.91. The molecule has 0 spiro atoms. The monoisotopic (exact) mass is 490 g/mol. The first-order chi connectivity index (χ1) is 16.8. The molecule has 0 aliphatic carbocycles. The first-order valence-corrected chi connectivity index (χ1v) is 10.9. The molecule has 5 rings (SSSR count). The smallest absolute Gasteiger partial charge is 0.287 e. The molecule has 1 unspecified atom stereocenters. The van der Waals surface area contributed by atoms with E-state index in [-0.39, 0.29) is 28.9 Å². The Hall–Kier alpha value is -4.44. The number of amides is 1. The molecule has 3 heterocycles. The average molecular weight is 491 g/mol. The number of benzene rings is 2. The van der Waals surface area contributed by atoms with Gasteiger partial charge in [-0.25, -0.2) is 9.97 Å². The van der Waals surface area contributed by atoms with Crippen LogP contribution in [0.5, 0.6) is 17.5 Å². The fraction of sp³-hybridized carbons (Fsp3) is 0.125. The van der Waals surface area contributed by atoms with Crippen molar-refractivity contribution in [1.29, 1.82) is 0 Å². The molecule has 176 valence electrons. The van der Waals surface area contributed by atoms with E-state index in [1.807, 2.05) is 12.1 Å². The average Bonchev–Trinajstić information content (AvgIpc) is 3.18. The van der Waals surface area contributed by atoms with Crippen molar-refractivity contribution in [3.8, 4) is 17.5 Å². The number of fused-ring (bicyclic) bond motifs is 2. The van der Waals surface area contributed by atoms with E-state index in [0.29, 0.717) is 21.8 Å². The molecule has 0 fully saturated rings. The van der Waals surface area contributed by atoms with Crippen molar-refractivity contribution in [3.05, 3.63) is 87.8 Å². The molecule has 1 atom stereocenters. The number of nitrogens with zero attached hydrogens (tertiary/aromatic N) is 4. The first kappa shape index (κ1) is 22.4. The maximum atomic E-state index is 13.2. The van der Waals surface area contributed by atoms with Crippen LogP contribution in [-0.2, 0) is 0 Å². The van der Waals surface area contributed by atoms with Gasteiger partial charge in [-0.05, 0) is 36.8 Å². The number of rotatable bonds is 5. The van der Waals surface area contributed by atoms with Crippen LogP contribution in [-0.4, -0.2) is 38.2 Å². The summed E-state index contributed by atoms with van der Waals surface area (Å²) in [6, 6.07) is 13.6. The number of hydrogen-bond acceptors (Lipinski definition) is 8. The number of ether oxygens (including phenoxy) is 2. The molecule has 4 aromatic rings. The normalized spacial score (nSPS) is 13.9. The minimum atomic E-state index is -0.664. The van der Waals surface area contributed by atoms with Crippen LogP contribution in [0.25, 0.3) is 0 Å². The molecular weight excluding hydrogens is 472 g/mol. The van der Waals surface area contributed by atoms with Gasteiger partial charge in [-0.3, -0.25) is 9.59 Å². The Morgan fingerprint density at radius 1 is 1.11 bits per heavy atom. The van der Waals surface area contributed by atoms with Gasteiger partial charge in [0.25, 0.3) is 11.8 Å². The summed E-state index contributed by atoms with van der Waals surface area (Å²) in [5.41, 5.74) is 14.4. The summed E-state index contributed by atoms with van der Waals surface area (Å²) in [5.74, 6) is -0.756. The molecule has 4 N–H and O–H groups in total. The number of anilines is 1. The second-order valence-electron chi connectivity index (χ2n) is 7.82. The maximum Gasteiger partial charge on any atom is 0.287 e. The van der Waals surface area contributed by atoms with Crippen LogP contribution in [0.2, 0.25) is 5.02 Å². The van der Waals surface area contributed by atoms with Crippen molar-refractivity contribution in [1.82, 2.24) is 19.7 Å². The molecule has 10 nitrogen and oxygen atoms in total. The molecule has 0 saturated heterocycles. The second-order valence-corrected chi connectivity index (χ2v) is 8.26. The number of para-hydroxylation sites is 1. The molecule has 2 aromatic carbocycles. The lowest BCUT2D eigenvalue weighted by atomic mass is 9.84. The van der Waals surface area contributed by atoms with E-state index in [0.717, 1.165) is 10.2 Å². The molecular formula is C24H19ClN6O4. The summed E-state index contributed by atoms with van der Waals surface area (Å²) < 4.78 is 12.7. The van der Waals surface area contributed by atoms with Gasteiger partial charge in [-0.1, -0.05) is 35.9 Å². The Balaban J connectivity index is 1.55. The zero-order valence-corrected chi connectivity index (χ0v) is 19.2. The van der Waals surface area contributed by atoms with Crippen molar-refractivity contribution >= 4 is 29.2 Å². The van der Waals surface area contributed by atoms with Gasteiger partial charge < -0.3 is 20.9 Å². The lowest BCUT2D eigenvalue weighted by Gasteiger charge is -2.26. The maximum absolute atomic E-state index is 13.2. The van der Waals surface area contributed by atoms with E-state index in [1.54, 1.807) is 37.3 Å². The van der Waals surface area contributed by atoms with Gasteiger partial charge >= 0.3 is 0 Å². The highest BCUT2D eigenvalue weighted by Gasteiger charge is 2.38. The Labute approximate surface area is 204 Å². The predicted octanol–water partition coefficient (Wildman–Crippen LogP) is 3.32. The molecule has 0 saturated carbocycles. The Kier molecular flexibility index (Phi) is 5.58. The fourth-order valence-corrected chi connectivity index (χ4v) is 4.21. The zero-order valence-electron chi connectivity index (χ0n) is 18.4. The van der Waals surface area contributed by atoms with Crippen molar-refractivity contribution in [2.24, 2.45) is 5.73 Å². The summed E-state index contributed by atoms with van der Waals surface area (Å²) in [6.45, 7) is 1.36. The number of primary amides is 1. The van der Waals surface area contributed by atoms with Gasteiger partial charge in [0.1, 0.15) is 17.9 Å². The number of nitrogen functional groups attached to an aromatic ring is 1. The summed E-state index contributed by atoms with van der Waals surface area (Å²) in [7, 11) is 0. The first-order valence-electron chi connectivity index (χ1n) is 10.5. The van der Waals surface area contributed by atoms with Crippen LogP contribution >= 0.6 is 11.6 Å². The summed E-state index contributed by atoms with van der Waals surface area (Å²) >= 11 is 6.10. The van der Waals surface area contributed by atoms with Gasteiger partial charge in [0, 0.05) is 5.02 Å². The van der Waals surface area contributed by atoms with Crippen LogP contribution < -0.4 is 20.9 Å². The number of aromatic nitrogens is 4. The SMILES string of the molecule is Cc1nn(C(=O)COc2ccccc2C(N)=O)c2c1C(c1ccc(Cl)cc1)c1c(N)ncnc1O2. The highest BCUT2D eigenvalue weighted by atomic mass is 35.5. The minimum absolute atomic E-state index is 0.166. The molecule has 11 heteroatoms. The van der Waals surface area contributed by atoms with Crippen LogP contribution in [0.1, 0.15) is 43.5 Å². The molecule has 1 aliphatic heterocycles. The number of carbonyl (C=O) groups is 2. The van der Waals surface area contributed by atoms with Crippen LogP contribution in [0.3, 0.4) is 0 Å². The van der Waals surface area contributed by atoms with Crippen molar-refractivity contribution < 1.29 is 19.1 Å². The molecule has 2 aromatic heterocycles. The lowest BCUT2D eigenvalue weighted by molar-refractivity contribution is 0.0806. The summed E-state index contributed by atoms with van der Waals surface area (Å²) in [5, 5.41) is 5.00. The highest BCUT2D eigenvalue weighted by molar-refractivity contribution is 6.30. The number of halogens is 1. The van der Waals surface area contributed by atoms with E-state index in [1.165, 1.54) is 12.4 Å². The topological polar surface area (TPSA) is 148 Å². The van der Waals surface area contributed by atoms with Crippen LogP contribution in [0.4, 0.5) is 5.82 Å². The standard InChI is InChI=1S/C24H19ClN6O4/c1-12-18-19(13-6-8-14(25)9-7-13)20-21(26)28-11-29-23(20)35-24(18)31(30-12)17(32)10-34-16-5-3-2-4-15(16)22(27)33/h2-9,11,19H,10H2,1H3,(H2,27,33)(H2,26,28,29). The molecule has 0 radical (unpaired) electrons. The van der Waals surface area contributed by atoms with E-state index in [4.69, 9.17) is 32.5 Å². The minimum Gasteiger partial charge on any atom is -0.483 e. The van der Waals surface area contributed by atoms with E-state index in [9.17, 15) is 9.59 Å². The molecule has 35 heavy (non-hydrogen) atoms. The summed E-state index contributed by atoms with van der Waals surface area (Å²) in [4.78, 5) is 33.2. The van der Waals surface area contributed by atoms with E-state index < -0.39 is 24.3 Å². The van der Waals surface area contributed by atoms with Crippen molar-refractivity contribution in [2.75, 3.05) is 12.3 Å². The quantitative estimate of drug-likeness (QED) is 0.381. The number of hydrogen-bond donors (Lipinski definition) is 2. The van der Waals surface area contributed by atoms with Crippen LogP contribution in [0.15, 0.2) is 54.9 Å². The predicted molar refractivity (Wildman–Crippen MR) is 127 cm³/mol. The van der Waals surface area contributed by atoms with E-state index in [2.05, 4.69) is 15.1 Å². The van der Waals surface area contributed by atoms with Crippen molar-refractivity contribution in [3.63, 3.8) is 0 Å². The molecule has 1 amide bonds. The molecule has 0 bridgehead atoms. The zero-order chi connectivity index (χ0) is 24.7. The Morgan fingerprint density at radius 2 is 1.86 bits per heavy atom. The molecule has 1 aliphatic rings. The van der Waals surface area contributed by atoms with Gasteiger partial charge in [-0.2, -0.15) is 9.78 Å². The number of carbonyl (C=O) groups excluding carboxylic acids is 2. The largest absolute Gasteiger partial charge is 0.483 e. The number of aryl methyl sites for hydroxylation is 1.